The maximum atomic E-state index is 14.1. The molecular formula is C30H33Cl2N3O4S. The fourth-order valence-electron chi connectivity index (χ4n) is 4.98. The zero-order valence-electron chi connectivity index (χ0n) is 22.3. The lowest BCUT2D eigenvalue weighted by molar-refractivity contribution is -0.140. The molecule has 1 fully saturated rings. The van der Waals surface area contributed by atoms with Gasteiger partial charge in [-0.2, -0.15) is 0 Å². The van der Waals surface area contributed by atoms with Crippen molar-refractivity contribution in [1.29, 1.82) is 0 Å². The summed E-state index contributed by atoms with van der Waals surface area (Å²) in [4.78, 5) is 29.4. The summed E-state index contributed by atoms with van der Waals surface area (Å²) in [6.07, 6.45) is 5.16. The summed E-state index contributed by atoms with van der Waals surface area (Å²) in [5.74, 6) is -0.792. The Morgan fingerprint density at radius 2 is 1.50 bits per heavy atom. The molecule has 2 amide bonds. The lowest BCUT2D eigenvalue weighted by atomic mass is 10.0. The van der Waals surface area contributed by atoms with Crippen molar-refractivity contribution < 1.29 is 18.0 Å². The normalized spacial score (nSPS) is 14.5. The Hall–Kier alpha value is -3.07. The number of halogens is 2. The molecule has 0 unspecified atom stereocenters. The molecule has 1 atom stereocenters. The predicted molar refractivity (Wildman–Crippen MR) is 160 cm³/mol. The third-order valence-corrected chi connectivity index (χ3v) is 8.98. The van der Waals surface area contributed by atoms with Gasteiger partial charge >= 0.3 is 0 Å². The van der Waals surface area contributed by atoms with Crippen LogP contribution in [0.15, 0.2) is 78.9 Å². The number of sulfonamides is 1. The maximum Gasteiger partial charge on any atom is 0.244 e. The highest BCUT2D eigenvalue weighted by atomic mass is 35.5. The van der Waals surface area contributed by atoms with Gasteiger partial charge in [-0.05, 0) is 36.1 Å². The SMILES string of the molecule is CS(=O)(=O)N(CC(=O)N(Cc1ccccc1)[C@@H](Cc1ccccc1)C(=O)NC1CCCC1)c1cccc(Cl)c1Cl. The second-order valence-corrected chi connectivity index (χ2v) is 12.7. The number of carbonyl (C=O) groups is 2. The standard InChI is InChI=1S/C30H33Cl2N3O4S/c1-40(38,39)35(26-18-10-17-25(31)29(26)32)21-28(36)34(20-23-13-6-3-7-14-23)27(19-22-11-4-2-5-12-22)30(37)33-24-15-8-9-16-24/h2-7,10-14,17-18,24,27H,8-9,15-16,19-21H2,1H3,(H,33,37)/t27-/m0/s1. The Morgan fingerprint density at radius 1 is 0.900 bits per heavy atom. The molecule has 4 rings (SSSR count). The van der Waals surface area contributed by atoms with Gasteiger partial charge in [0.25, 0.3) is 0 Å². The lowest BCUT2D eigenvalue weighted by Crippen LogP contribution is -2.54. The van der Waals surface area contributed by atoms with Crippen molar-refractivity contribution in [3.05, 3.63) is 100 Å². The molecule has 212 valence electrons. The Labute approximate surface area is 246 Å². The predicted octanol–water partition coefficient (Wildman–Crippen LogP) is 5.46. The zero-order chi connectivity index (χ0) is 28.7. The van der Waals surface area contributed by atoms with Gasteiger partial charge in [-0.3, -0.25) is 13.9 Å². The van der Waals surface area contributed by atoms with Crippen molar-refractivity contribution in [3.8, 4) is 0 Å². The highest BCUT2D eigenvalue weighted by Gasteiger charge is 2.34. The van der Waals surface area contributed by atoms with Crippen molar-refractivity contribution in [1.82, 2.24) is 10.2 Å². The lowest BCUT2D eigenvalue weighted by Gasteiger charge is -2.34. The number of amides is 2. The molecule has 1 N–H and O–H groups in total. The summed E-state index contributed by atoms with van der Waals surface area (Å²) in [6, 6.07) is 22.6. The summed E-state index contributed by atoms with van der Waals surface area (Å²) in [5, 5.41) is 3.34. The molecule has 1 saturated carbocycles. The average Bonchev–Trinajstić information content (AvgIpc) is 3.44. The monoisotopic (exact) mass is 601 g/mol. The van der Waals surface area contributed by atoms with Crippen LogP contribution in [0.2, 0.25) is 10.0 Å². The third-order valence-electron chi connectivity index (χ3n) is 7.05. The van der Waals surface area contributed by atoms with E-state index in [2.05, 4.69) is 5.32 Å². The van der Waals surface area contributed by atoms with E-state index in [0.29, 0.717) is 0 Å². The Kier molecular flexibility index (Phi) is 10.1. The van der Waals surface area contributed by atoms with Gasteiger partial charge < -0.3 is 10.2 Å². The molecule has 0 bridgehead atoms. The fourth-order valence-corrected chi connectivity index (χ4v) is 6.28. The second kappa shape index (κ2) is 13.5. The van der Waals surface area contributed by atoms with Crippen LogP contribution in [0, 0.1) is 0 Å². The van der Waals surface area contributed by atoms with Gasteiger partial charge in [-0.1, -0.05) is 103 Å². The quantitative estimate of drug-likeness (QED) is 0.316. The molecule has 0 saturated heterocycles. The Morgan fingerprint density at radius 3 is 2.10 bits per heavy atom. The van der Waals surface area contributed by atoms with Crippen molar-refractivity contribution >= 4 is 50.7 Å². The van der Waals surface area contributed by atoms with Gasteiger partial charge in [0, 0.05) is 19.0 Å². The van der Waals surface area contributed by atoms with E-state index in [-0.39, 0.29) is 40.6 Å². The highest BCUT2D eigenvalue weighted by molar-refractivity contribution is 7.92. The average molecular weight is 603 g/mol. The molecule has 0 heterocycles. The summed E-state index contributed by atoms with van der Waals surface area (Å²) in [6.45, 7) is -0.427. The largest absolute Gasteiger partial charge is 0.352 e. The summed E-state index contributed by atoms with van der Waals surface area (Å²) < 4.78 is 26.8. The number of carbonyl (C=O) groups excluding carboxylic acids is 2. The first-order valence-electron chi connectivity index (χ1n) is 13.2. The van der Waals surface area contributed by atoms with Crippen LogP contribution in [0.3, 0.4) is 0 Å². The van der Waals surface area contributed by atoms with Crippen LogP contribution in [0.4, 0.5) is 5.69 Å². The third kappa shape index (κ3) is 7.77. The molecule has 0 aromatic heterocycles. The summed E-state index contributed by atoms with van der Waals surface area (Å²) >= 11 is 12.6. The van der Waals surface area contributed by atoms with Crippen molar-refractivity contribution in [2.24, 2.45) is 0 Å². The van der Waals surface area contributed by atoms with E-state index < -0.39 is 28.5 Å². The van der Waals surface area contributed by atoms with Gasteiger partial charge in [0.1, 0.15) is 12.6 Å². The summed E-state index contributed by atoms with van der Waals surface area (Å²) in [7, 11) is -3.94. The number of anilines is 1. The van der Waals surface area contributed by atoms with E-state index in [9.17, 15) is 18.0 Å². The molecular weight excluding hydrogens is 569 g/mol. The molecule has 3 aromatic carbocycles. The van der Waals surface area contributed by atoms with Crippen molar-refractivity contribution in [2.45, 2.75) is 50.7 Å². The van der Waals surface area contributed by atoms with Crippen LogP contribution in [-0.4, -0.2) is 50.0 Å². The van der Waals surface area contributed by atoms with E-state index >= 15 is 0 Å². The summed E-state index contributed by atoms with van der Waals surface area (Å²) in [5.41, 5.74) is 1.80. The van der Waals surface area contributed by atoms with Crippen LogP contribution in [0.25, 0.3) is 0 Å². The second-order valence-electron chi connectivity index (χ2n) is 10.0. The van der Waals surface area contributed by atoms with Crippen LogP contribution >= 0.6 is 23.2 Å². The van der Waals surface area contributed by atoms with E-state index in [1.54, 1.807) is 12.1 Å². The van der Waals surface area contributed by atoms with Gasteiger partial charge in [0.2, 0.25) is 21.8 Å². The molecule has 0 spiro atoms. The van der Waals surface area contributed by atoms with E-state index in [1.807, 2.05) is 60.7 Å². The van der Waals surface area contributed by atoms with Crippen LogP contribution in [0.5, 0.6) is 0 Å². The van der Waals surface area contributed by atoms with Gasteiger partial charge in [-0.15, -0.1) is 0 Å². The molecule has 1 aliphatic carbocycles. The Balaban J connectivity index is 1.73. The van der Waals surface area contributed by atoms with Gasteiger partial charge in [0.15, 0.2) is 0 Å². The molecule has 7 nitrogen and oxygen atoms in total. The zero-order valence-corrected chi connectivity index (χ0v) is 24.6. The van der Waals surface area contributed by atoms with Crippen molar-refractivity contribution in [3.63, 3.8) is 0 Å². The number of hydrogen-bond donors (Lipinski definition) is 1. The number of hydrogen-bond acceptors (Lipinski definition) is 4. The molecule has 1 aliphatic rings. The number of nitrogens with zero attached hydrogens (tertiary/aromatic N) is 2. The molecule has 0 radical (unpaired) electrons. The van der Waals surface area contributed by atoms with Gasteiger partial charge in [0.05, 0.1) is 22.0 Å². The minimum absolute atomic E-state index is 0.0248. The van der Waals surface area contributed by atoms with E-state index in [1.165, 1.54) is 11.0 Å². The van der Waals surface area contributed by atoms with Crippen molar-refractivity contribution in [2.75, 3.05) is 17.1 Å². The maximum absolute atomic E-state index is 14.1. The minimum atomic E-state index is -3.94. The molecule has 3 aromatic rings. The minimum Gasteiger partial charge on any atom is -0.352 e. The first-order valence-corrected chi connectivity index (χ1v) is 15.8. The first-order chi connectivity index (χ1) is 19.1. The van der Waals surface area contributed by atoms with Crippen LogP contribution < -0.4 is 9.62 Å². The van der Waals surface area contributed by atoms with E-state index in [4.69, 9.17) is 23.2 Å². The van der Waals surface area contributed by atoms with Crippen LogP contribution in [0.1, 0.15) is 36.8 Å². The number of benzene rings is 3. The van der Waals surface area contributed by atoms with Gasteiger partial charge in [-0.25, -0.2) is 8.42 Å². The van der Waals surface area contributed by atoms with E-state index in [0.717, 1.165) is 47.4 Å². The smallest absolute Gasteiger partial charge is 0.244 e. The fraction of sp³-hybridized carbons (Fsp3) is 0.333. The molecule has 10 heteroatoms. The highest BCUT2D eigenvalue weighted by Crippen LogP contribution is 2.34. The first kappa shape index (κ1) is 29.9. The topological polar surface area (TPSA) is 86.8 Å². The molecule has 40 heavy (non-hydrogen) atoms. The number of rotatable bonds is 11. The molecule has 0 aliphatic heterocycles. The Bertz CT molecular complexity index is 1420. The number of nitrogens with one attached hydrogen (secondary N) is 1. The van der Waals surface area contributed by atoms with Crippen LogP contribution in [-0.2, 0) is 32.6 Å².